The van der Waals surface area contributed by atoms with Crippen LogP contribution < -0.4 is 11.3 Å². The number of hydrogen-bond donors (Lipinski definition) is 3. The Hall–Kier alpha value is -1.89. The highest BCUT2D eigenvalue weighted by Gasteiger charge is 2.22. The van der Waals surface area contributed by atoms with Gasteiger partial charge in [0, 0.05) is 5.02 Å². The summed E-state index contributed by atoms with van der Waals surface area (Å²) < 4.78 is 0. The molecule has 0 fully saturated rings. The molecule has 5 nitrogen and oxygen atoms in total. The number of rotatable bonds is 4. The van der Waals surface area contributed by atoms with Crippen LogP contribution in [-0.4, -0.2) is 17.0 Å². The number of nitrogen functional groups attached to an aromatic ring is 1. The molecule has 7 heteroatoms. The van der Waals surface area contributed by atoms with E-state index in [0.29, 0.717) is 17.0 Å². The SMILES string of the molecule is NNC(=O)c1c(Cc2cccc(Cl)c2)csc1C(=O)O. The summed E-state index contributed by atoms with van der Waals surface area (Å²) in [5.41, 5.74) is 3.58. The maximum Gasteiger partial charge on any atom is 0.346 e. The van der Waals surface area contributed by atoms with Gasteiger partial charge in [-0.25, -0.2) is 10.6 Å². The quantitative estimate of drug-likeness (QED) is 0.459. The van der Waals surface area contributed by atoms with Gasteiger partial charge in [0.15, 0.2) is 0 Å². The maximum atomic E-state index is 11.8. The summed E-state index contributed by atoms with van der Waals surface area (Å²) in [5.74, 6) is 3.35. The van der Waals surface area contributed by atoms with Crippen molar-refractivity contribution in [1.29, 1.82) is 0 Å². The Kier molecular flexibility index (Phi) is 4.39. The van der Waals surface area contributed by atoms with Gasteiger partial charge in [-0.2, -0.15) is 0 Å². The molecule has 0 radical (unpaired) electrons. The number of carbonyl (C=O) groups is 2. The Labute approximate surface area is 124 Å². The molecule has 0 bridgehead atoms. The van der Waals surface area contributed by atoms with E-state index in [1.807, 2.05) is 11.5 Å². The first-order chi connectivity index (χ1) is 9.52. The van der Waals surface area contributed by atoms with Gasteiger partial charge < -0.3 is 5.11 Å². The molecule has 1 aromatic heterocycles. The van der Waals surface area contributed by atoms with Gasteiger partial charge in [-0.15, -0.1) is 11.3 Å². The van der Waals surface area contributed by atoms with Gasteiger partial charge in [-0.3, -0.25) is 10.2 Å². The predicted molar refractivity (Wildman–Crippen MR) is 77.2 cm³/mol. The van der Waals surface area contributed by atoms with E-state index in [0.717, 1.165) is 16.9 Å². The van der Waals surface area contributed by atoms with Crippen LogP contribution in [0.3, 0.4) is 0 Å². The molecule has 0 saturated heterocycles. The maximum absolute atomic E-state index is 11.8. The summed E-state index contributed by atoms with van der Waals surface area (Å²) in [6.45, 7) is 0. The molecule has 0 spiro atoms. The van der Waals surface area contributed by atoms with Crippen molar-refractivity contribution in [3.63, 3.8) is 0 Å². The zero-order valence-corrected chi connectivity index (χ0v) is 11.8. The lowest BCUT2D eigenvalue weighted by Gasteiger charge is -2.05. The van der Waals surface area contributed by atoms with E-state index in [2.05, 4.69) is 0 Å². The number of carbonyl (C=O) groups excluding carboxylic acids is 1. The summed E-state index contributed by atoms with van der Waals surface area (Å²) in [7, 11) is 0. The number of aromatic carboxylic acids is 1. The molecule has 0 aliphatic carbocycles. The highest BCUT2D eigenvalue weighted by molar-refractivity contribution is 7.12. The molecule has 0 saturated carbocycles. The van der Waals surface area contributed by atoms with E-state index < -0.39 is 11.9 Å². The normalized spacial score (nSPS) is 10.3. The standard InChI is InChI=1S/C13H11ClN2O3S/c14-9-3-1-2-7(5-9)4-8-6-20-11(13(18)19)10(8)12(17)16-15/h1-3,5-6H,4,15H2,(H,16,17)(H,18,19). The molecular weight excluding hydrogens is 300 g/mol. The second kappa shape index (κ2) is 6.04. The van der Waals surface area contributed by atoms with E-state index >= 15 is 0 Å². The Bertz CT molecular complexity index is 669. The van der Waals surface area contributed by atoms with E-state index in [1.54, 1.807) is 23.6 Å². The lowest BCUT2D eigenvalue weighted by Crippen LogP contribution is -2.31. The highest BCUT2D eigenvalue weighted by atomic mass is 35.5. The molecule has 0 aliphatic heterocycles. The van der Waals surface area contributed by atoms with E-state index in [-0.39, 0.29) is 10.4 Å². The number of hydrogen-bond acceptors (Lipinski definition) is 4. The first kappa shape index (κ1) is 14.5. The number of nitrogens with two attached hydrogens (primary N) is 1. The second-order valence-electron chi connectivity index (χ2n) is 4.05. The van der Waals surface area contributed by atoms with Gasteiger partial charge in [0.1, 0.15) is 4.88 Å². The number of carboxylic acids is 1. The molecular formula is C13H11ClN2O3S. The van der Waals surface area contributed by atoms with E-state index in [9.17, 15) is 9.59 Å². The fourth-order valence-corrected chi connectivity index (χ4v) is 2.99. The van der Waals surface area contributed by atoms with Gasteiger partial charge in [0.2, 0.25) is 0 Å². The van der Waals surface area contributed by atoms with Gasteiger partial charge in [0.25, 0.3) is 5.91 Å². The predicted octanol–water partition coefficient (Wildman–Crippen LogP) is 2.29. The van der Waals surface area contributed by atoms with Crippen LogP contribution in [0.4, 0.5) is 0 Å². The average molecular weight is 311 g/mol. The lowest BCUT2D eigenvalue weighted by molar-refractivity contribution is 0.0696. The number of thiophene rings is 1. The zero-order valence-electron chi connectivity index (χ0n) is 10.2. The lowest BCUT2D eigenvalue weighted by atomic mass is 10.0. The van der Waals surface area contributed by atoms with Crippen LogP contribution in [0.1, 0.15) is 31.2 Å². The van der Waals surface area contributed by atoms with Crippen molar-refractivity contribution in [3.8, 4) is 0 Å². The Morgan fingerprint density at radius 1 is 1.40 bits per heavy atom. The minimum atomic E-state index is -1.15. The number of carboxylic acid groups (broad SMARTS) is 1. The topological polar surface area (TPSA) is 92.4 Å². The zero-order chi connectivity index (χ0) is 14.7. The van der Waals surface area contributed by atoms with Crippen LogP contribution in [-0.2, 0) is 6.42 Å². The van der Waals surface area contributed by atoms with E-state index in [1.165, 1.54) is 0 Å². The summed E-state index contributed by atoms with van der Waals surface area (Å²) >= 11 is 6.91. The van der Waals surface area contributed by atoms with Gasteiger partial charge in [-0.05, 0) is 35.1 Å². The molecule has 1 heterocycles. The summed E-state index contributed by atoms with van der Waals surface area (Å²) in [4.78, 5) is 22.9. The van der Waals surface area contributed by atoms with Crippen LogP contribution in [0.15, 0.2) is 29.6 Å². The van der Waals surface area contributed by atoms with Gasteiger partial charge >= 0.3 is 5.97 Å². The minimum Gasteiger partial charge on any atom is -0.477 e. The fourth-order valence-electron chi connectivity index (χ4n) is 1.87. The third-order valence-corrected chi connectivity index (χ3v) is 3.96. The van der Waals surface area contributed by atoms with Gasteiger partial charge in [-0.1, -0.05) is 23.7 Å². The van der Waals surface area contributed by atoms with Crippen molar-refractivity contribution in [1.82, 2.24) is 5.43 Å². The van der Waals surface area contributed by atoms with Crippen LogP contribution in [0.25, 0.3) is 0 Å². The highest BCUT2D eigenvalue weighted by Crippen LogP contribution is 2.26. The monoisotopic (exact) mass is 310 g/mol. The molecule has 0 unspecified atom stereocenters. The van der Waals surface area contributed by atoms with Crippen molar-refractivity contribution in [2.45, 2.75) is 6.42 Å². The molecule has 0 atom stereocenters. The molecule has 0 aliphatic rings. The molecule has 104 valence electrons. The van der Waals surface area contributed by atoms with Crippen LogP contribution in [0, 0.1) is 0 Å². The largest absolute Gasteiger partial charge is 0.477 e. The third-order valence-electron chi connectivity index (χ3n) is 2.70. The molecule has 2 rings (SSSR count). The fraction of sp³-hybridized carbons (Fsp3) is 0.0769. The number of amides is 1. The molecule has 2 aromatic rings. The van der Waals surface area contributed by atoms with Crippen molar-refractivity contribution >= 4 is 34.8 Å². The average Bonchev–Trinajstić information content (AvgIpc) is 2.81. The third kappa shape index (κ3) is 2.98. The smallest absolute Gasteiger partial charge is 0.346 e. The first-order valence-electron chi connectivity index (χ1n) is 5.62. The van der Waals surface area contributed by atoms with Crippen molar-refractivity contribution < 1.29 is 14.7 Å². The summed E-state index contributed by atoms with van der Waals surface area (Å²) in [6, 6.07) is 7.16. The number of halogens is 1. The summed E-state index contributed by atoms with van der Waals surface area (Å²) in [5, 5.41) is 11.3. The van der Waals surface area contributed by atoms with E-state index in [4.69, 9.17) is 22.6 Å². The minimum absolute atomic E-state index is 0.0232. The number of nitrogens with one attached hydrogen (secondary N) is 1. The number of benzene rings is 1. The second-order valence-corrected chi connectivity index (χ2v) is 5.37. The Balaban J connectivity index is 2.41. The molecule has 1 aromatic carbocycles. The van der Waals surface area contributed by atoms with Crippen LogP contribution in [0.5, 0.6) is 0 Å². The summed E-state index contributed by atoms with van der Waals surface area (Å²) in [6.07, 6.45) is 0.410. The van der Waals surface area contributed by atoms with Gasteiger partial charge in [0.05, 0.1) is 5.56 Å². The molecule has 4 N–H and O–H groups in total. The van der Waals surface area contributed by atoms with Crippen LogP contribution >= 0.6 is 22.9 Å². The molecule has 1 amide bonds. The first-order valence-corrected chi connectivity index (χ1v) is 6.87. The Morgan fingerprint density at radius 3 is 2.75 bits per heavy atom. The van der Waals surface area contributed by atoms with Crippen molar-refractivity contribution in [2.75, 3.05) is 0 Å². The van der Waals surface area contributed by atoms with Crippen LogP contribution in [0.2, 0.25) is 5.02 Å². The van der Waals surface area contributed by atoms with Crippen molar-refractivity contribution in [3.05, 3.63) is 56.2 Å². The Morgan fingerprint density at radius 2 is 2.15 bits per heavy atom. The molecule has 20 heavy (non-hydrogen) atoms. The number of hydrazine groups is 1. The van der Waals surface area contributed by atoms with Crippen molar-refractivity contribution in [2.24, 2.45) is 5.84 Å².